The fourth-order valence-corrected chi connectivity index (χ4v) is 3.90. The van der Waals surface area contributed by atoms with E-state index in [0.29, 0.717) is 46.7 Å². The van der Waals surface area contributed by atoms with Gasteiger partial charge in [0.15, 0.2) is 11.5 Å². The Morgan fingerprint density at radius 1 is 1.03 bits per heavy atom. The molecular formula is C23H20NO5-. The summed E-state index contributed by atoms with van der Waals surface area (Å²) in [5, 5.41) is 12.5. The summed E-state index contributed by atoms with van der Waals surface area (Å²) >= 11 is 0. The summed E-state index contributed by atoms with van der Waals surface area (Å²) in [4.78, 5) is 16.6. The van der Waals surface area contributed by atoms with Gasteiger partial charge in [-0.15, -0.1) is 0 Å². The first-order chi connectivity index (χ1) is 14.1. The number of rotatable bonds is 5. The van der Waals surface area contributed by atoms with Gasteiger partial charge in [0, 0.05) is 10.9 Å². The lowest BCUT2D eigenvalue weighted by molar-refractivity contribution is -0.254. The first kappa shape index (κ1) is 18.8. The second-order valence-electron chi connectivity index (χ2n) is 6.75. The Hall–Kier alpha value is -3.54. The maximum Gasteiger partial charge on any atom is 0.203 e. The highest BCUT2D eigenvalue weighted by molar-refractivity contribution is 6.05. The monoisotopic (exact) mass is 390 g/mol. The summed E-state index contributed by atoms with van der Waals surface area (Å²) in [5.41, 5.74) is 4.12. The van der Waals surface area contributed by atoms with Gasteiger partial charge in [0.05, 0.1) is 38.5 Å². The first-order valence-electron chi connectivity index (χ1n) is 9.21. The van der Waals surface area contributed by atoms with E-state index in [1.54, 1.807) is 27.4 Å². The topological polar surface area (TPSA) is 80.7 Å². The van der Waals surface area contributed by atoms with Crippen LogP contribution in [0.2, 0.25) is 0 Å². The van der Waals surface area contributed by atoms with Crippen LogP contribution in [0.15, 0.2) is 36.4 Å². The number of pyridine rings is 1. The number of hydrogen-bond donors (Lipinski definition) is 0. The largest absolute Gasteiger partial charge is 0.545 e. The second-order valence-corrected chi connectivity index (χ2v) is 6.75. The molecule has 0 N–H and O–H groups in total. The molecular weight excluding hydrogens is 370 g/mol. The molecule has 0 aliphatic heterocycles. The third-order valence-electron chi connectivity index (χ3n) is 5.17. The fraction of sp³-hybridized carbons (Fsp3) is 0.217. The standard InChI is InChI=1S/C23H21NO5/c1-27-18-11-13(12-19(28-2)22(18)29-3)10-14-8-9-16-20(23(25)26)15-6-4-5-7-17(15)24-21(14)16/h4-7,10-12H,8-9H2,1-3H3,(H,25,26)/p-1/b14-10+. The Balaban J connectivity index is 1.89. The summed E-state index contributed by atoms with van der Waals surface area (Å²) in [5.74, 6) is 0.457. The van der Waals surface area contributed by atoms with Crippen molar-refractivity contribution in [3.8, 4) is 17.2 Å². The van der Waals surface area contributed by atoms with Crippen LogP contribution < -0.4 is 19.3 Å². The van der Waals surface area contributed by atoms with Gasteiger partial charge in [-0.2, -0.15) is 0 Å². The molecule has 1 heterocycles. The molecule has 6 nitrogen and oxygen atoms in total. The van der Waals surface area contributed by atoms with Gasteiger partial charge in [0.25, 0.3) is 0 Å². The Morgan fingerprint density at radius 2 is 1.72 bits per heavy atom. The zero-order valence-electron chi connectivity index (χ0n) is 16.4. The van der Waals surface area contributed by atoms with Crippen molar-refractivity contribution < 1.29 is 24.1 Å². The van der Waals surface area contributed by atoms with Crippen LogP contribution in [0.4, 0.5) is 0 Å². The molecule has 0 unspecified atom stereocenters. The maximum atomic E-state index is 11.9. The van der Waals surface area contributed by atoms with Gasteiger partial charge in [-0.05, 0) is 53.8 Å². The Bertz CT molecular complexity index is 1120. The molecule has 1 aliphatic rings. The molecule has 148 valence electrons. The van der Waals surface area contributed by atoms with Crippen molar-refractivity contribution in [2.45, 2.75) is 12.8 Å². The molecule has 4 rings (SSSR count). The summed E-state index contributed by atoms with van der Waals surface area (Å²) in [6.07, 6.45) is 3.28. The number of carbonyl (C=O) groups excluding carboxylic acids is 1. The van der Waals surface area contributed by atoms with E-state index in [9.17, 15) is 9.90 Å². The van der Waals surface area contributed by atoms with E-state index < -0.39 is 5.97 Å². The van der Waals surface area contributed by atoms with Crippen LogP contribution in [0.5, 0.6) is 17.2 Å². The number of hydrogen-bond acceptors (Lipinski definition) is 6. The molecule has 0 spiro atoms. The van der Waals surface area contributed by atoms with E-state index >= 15 is 0 Å². The third-order valence-corrected chi connectivity index (χ3v) is 5.17. The predicted octanol–water partition coefficient (Wildman–Crippen LogP) is 3.11. The summed E-state index contributed by atoms with van der Waals surface area (Å²) in [6, 6.07) is 11.0. The highest BCUT2D eigenvalue weighted by atomic mass is 16.5. The molecule has 0 bridgehead atoms. The van der Waals surface area contributed by atoms with Gasteiger partial charge >= 0.3 is 0 Å². The molecule has 3 aromatic rings. The van der Waals surface area contributed by atoms with Crippen LogP contribution >= 0.6 is 0 Å². The number of aromatic nitrogens is 1. The number of fused-ring (bicyclic) bond motifs is 2. The lowest BCUT2D eigenvalue weighted by atomic mass is 10.0. The van der Waals surface area contributed by atoms with Crippen LogP contribution in [-0.2, 0) is 6.42 Å². The van der Waals surface area contributed by atoms with E-state index in [2.05, 4.69) is 0 Å². The number of carboxylic acid groups (broad SMARTS) is 1. The molecule has 0 saturated carbocycles. The quantitative estimate of drug-likeness (QED) is 0.666. The number of allylic oxidation sites excluding steroid dienone is 1. The van der Waals surface area contributed by atoms with Crippen LogP contribution in [0.3, 0.4) is 0 Å². The van der Waals surface area contributed by atoms with Gasteiger partial charge in [0.2, 0.25) is 5.75 Å². The fourth-order valence-electron chi connectivity index (χ4n) is 3.90. The highest BCUT2D eigenvalue weighted by Gasteiger charge is 2.24. The number of ether oxygens (including phenoxy) is 3. The number of para-hydroxylation sites is 1. The lowest BCUT2D eigenvalue weighted by Crippen LogP contribution is -2.24. The number of benzene rings is 2. The number of methoxy groups -OCH3 is 3. The number of carboxylic acids is 1. The average Bonchev–Trinajstić information content (AvgIpc) is 3.12. The van der Waals surface area contributed by atoms with Crippen LogP contribution in [-0.4, -0.2) is 32.3 Å². The van der Waals surface area contributed by atoms with Crippen LogP contribution in [0.1, 0.15) is 33.6 Å². The molecule has 0 fully saturated rings. The number of nitrogens with zero attached hydrogens (tertiary/aromatic N) is 1. The minimum absolute atomic E-state index is 0.235. The zero-order valence-corrected chi connectivity index (χ0v) is 16.4. The van der Waals surface area contributed by atoms with Gasteiger partial charge in [-0.25, -0.2) is 4.98 Å². The van der Waals surface area contributed by atoms with E-state index in [1.165, 1.54) is 0 Å². The van der Waals surface area contributed by atoms with Crippen molar-refractivity contribution in [1.82, 2.24) is 4.98 Å². The minimum Gasteiger partial charge on any atom is -0.545 e. The molecule has 0 atom stereocenters. The molecule has 6 heteroatoms. The smallest absolute Gasteiger partial charge is 0.203 e. The molecule has 29 heavy (non-hydrogen) atoms. The normalized spacial score (nSPS) is 14.1. The zero-order chi connectivity index (χ0) is 20.5. The Morgan fingerprint density at radius 3 is 2.34 bits per heavy atom. The minimum atomic E-state index is -1.17. The summed E-state index contributed by atoms with van der Waals surface area (Å²) in [7, 11) is 4.69. The van der Waals surface area contributed by atoms with Gasteiger partial charge < -0.3 is 24.1 Å². The van der Waals surface area contributed by atoms with E-state index in [1.807, 2.05) is 36.4 Å². The number of carbonyl (C=O) groups is 1. The van der Waals surface area contributed by atoms with E-state index in [4.69, 9.17) is 19.2 Å². The van der Waals surface area contributed by atoms with Gasteiger partial charge in [-0.1, -0.05) is 18.2 Å². The number of aromatic carboxylic acids is 1. The van der Waals surface area contributed by atoms with Crippen molar-refractivity contribution in [2.24, 2.45) is 0 Å². The molecule has 1 aromatic heterocycles. The van der Waals surface area contributed by atoms with Crippen molar-refractivity contribution in [3.05, 3.63) is 58.8 Å². The summed E-state index contributed by atoms with van der Waals surface area (Å²) < 4.78 is 16.2. The van der Waals surface area contributed by atoms with E-state index in [0.717, 1.165) is 16.7 Å². The molecule has 0 amide bonds. The van der Waals surface area contributed by atoms with Crippen molar-refractivity contribution >= 4 is 28.5 Å². The average molecular weight is 390 g/mol. The summed E-state index contributed by atoms with van der Waals surface area (Å²) in [6.45, 7) is 0. The predicted molar refractivity (Wildman–Crippen MR) is 108 cm³/mol. The van der Waals surface area contributed by atoms with Crippen LogP contribution in [0, 0.1) is 0 Å². The van der Waals surface area contributed by atoms with Gasteiger partial charge in [-0.3, -0.25) is 0 Å². The Kier molecular flexibility index (Phi) is 4.84. The lowest BCUT2D eigenvalue weighted by Gasteiger charge is -2.14. The van der Waals surface area contributed by atoms with Gasteiger partial charge in [0.1, 0.15) is 0 Å². The second kappa shape index (κ2) is 7.47. The third kappa shape index (κ3) is 3.16. The van der Waals surface area contributed by atoms with Crippen LogP contribution in [0.25, 0.3) is 22.6 Å². The molecule has 0 saturated heterocycles. The SMILES string of the molecule is COc1cc(/C=C2\CCc3c2nc2ccccc2c3C(=O)[O-])cc(OC)c1OC. The van der Waals surface area contributed by atoms with Crippen molar-refractivity contribution in [2.75, 3.05) is 21.3 Å². The van der Waals surface area contributed by atoms with E-state index in [-0.39, 0.29) is 5.56 Å². The molecule has 2 aromatic carbocycles. The molecule has 0 radical (unpaired) electrons. The molecule has 1 aliphatic carbocycles. The van der Waals surface area contributed by atoms with Crippen molar-refractivity contribution in [1.29, 1.82) is 0 Å². The Labute approximate surface area is 168 Å². The first-order valence-corrected chi connectivity index (χ1v) is 9.21. The highest BCUT2D eigenvalue weighted by Crippen LogP contribution is 2.41. The maximum absolute atomic E-state index is 11.9. The van der Waals surface area contributed by atoms with Crippen molar-refractivity contribution in [3.63, 3.8) is 0 Å².